The van der Waals surface area contributed by atoms with Gasteiger partial charge in [0.2, 0.25) is 0 Å². The van der Waals surface area contributed by atoms with Crippen LogP contribution in [0.1, 0.15) is 34.1 Å². The summed E-state index contributed by atoms with van der Waals surface area (Å²) >= 11 is 0. The van der Waals surface area contributed by atoms with E-state index >= 15 is 0 Å². The summed E-state index contributed by atoms with van der Waals surface area (Å²) in [5.41, 5.74) is 0. The average Bonchev–Trinajstić information content (AvgIpc) is 2.14. The lowest BCUT2D eigenvalue weighted by atomic mass is 10.0. The van der Waals surface area contributed by atoms with Crippen LogP contribution >= 0.6 is 0 Å². The smallest absolute Gasteiger partial charge is 0.302 e. The van der Waals surface area contributed by atoms with E-state index in [1.165, 1.54) is 6.92 Å². The molecule has 0 spiro atoms. The molecule has 1 N–H and O–H groups in total. The van der Waals surface area contributed by atoms with Gasteiger partial charge in [-0.2, -0.15) is 0 Å². The maximum Gasteiger partial charge on any atom is 0.302 e. The second kappa shape index (κ2) is 10.4. The molecule has 0 aromatic heterocycles. The molecule has 0 aromatic rings. The molecule has 96 valence electrons. The van der Waals surface area contributed by atoms with Crippen molar-refractivity contribution in [3.63, 3.8) is 0 Å². The van der Waals surface area contributed by atoms with Crippen molar-refractivity contribution in [1.29, 1.82) is 0 Å². The Morgan fingerprint density at radius 2 is 1.69 bits per heavy atom. The monoisotopic (exact) mass is 234 g/mol. The van der Waals surface area contributed by atoms with E-state index in [0.717, 1.165) is 13.3 Å². The number of carboxylic acid groups (broad SMARTS) is 1. The van der Waals surface area contributed by atoms with Crippen LogP contribution in [0.2, 0.25) is 0 Å². The molecule has 0 aliphatic heterocycles. The number of carbonyl (C=O) groups is 2. The van der Waals surface area contributed by atoms with Crippen molar-refractivity contribution in [1.82, 2.24) is 0 Å². The third-order valence-electron chi connectivity index (χ3n) is 2.05. The quantitative estimate of drug-likeness (QED) is 0.733. The van der Waals surface area contributed by atoms with E-state index in [4.69, 9.17) is 19.4 Å². The summed E-state index contributed by atoms with van der Waals surface area (Å²) in [4.78, 5) is 19.4. The van der Waals surface area contributed by atoms with Gasteiger partial charge in [0.25, 0.3) is 5.97 Å². The van der Waals surface area contributed by atoms with Crippen molar-refractivity contribution in [2.75, 3.05) is 13.7 Å². The zero-order valence-corrected chi connectivity index (χ0v) is 10.6. The van der Waals surface area contributed by atoms with Gasteiger partial charge in [0.1, 0.15) is 0 Å². The molecule has 2 unspecified atom stereocenters. The van der Waals surface area contributed by atoms with E-state index in [-0.39, 0.29) is 12.1 Å². The van der Waals surface area contributed by atoms with E-state index in [2.05, 4.69) is 6.92 Å². The summed E-state index contributed by atoms with van der Waals surface area (Å²) in [5.74, 6) is -0.624. The van der Waals surface area contributed by atoms with Crippen LogP contribution in [0.5, 0.6) is 0 Å². The predicted octanol–water partition coefficient (Wildman–Crippen LogP) is 1.70. The molecule has 0 bridgehead atoms. The highest BCUT2D eigenvalue weighted by Crippen LogP contribution is 2.10. The summed E-state index contributed by atoms with van der Waals surface area (Å²) in [5, 5.41) is 7.42. The number of carboxylic acids is 1. The van der Waals surface area contributed by atoms with Gasteiger partial charge >= 0.3 is 5.97 Å². The SMILES string of the molecule is CC(=O)O.COC(C)C(C)CCOC(C)=O. The molecule has 0 amide bonds. The third kappa shape index (κ3) is 15.4. The predicted molar refractivity (Wildman–Crippen MR) is 60.2 cm³/mol. The number of esters is 1. The van der Waals surface area contributed by atoms with Crippen LogP contribution in [0.25, 0.3) is 0 Å². The Balaban J connectivity index is 0. The minimum atomic E-state index is -0.833. The normalized spacial score (nSPS) is 13.1. The summed E-state index contributed by atoms with van der Waals surface area (Å²) in [6, 6.07) is 0. The highest BCUT2D eigenvalue weighted by Gasteiger charge is 2.10. The Morgan fingerprint density at radius 3 is 2.00 bits per heavy atom. The van der Waals surface area contributed by atoms with Crippen LogP contribution in [0.15, 0.2) is 0 Å². The number of hydrogen-bond donors (Lipinski definition) is 1. The molecule has 5 nitrogen and oxygen atoms in total. The zero-order chi connectivity index (χ0) is 13.1. The first-order valence-electron chi connectivity index (χ1n) is 5.16. The number of aliphatic carboxylic acids is 1. The standard InChI is InChI=1S/C9H18O3.C2H4O2/c1-7(8(2)11-4)5-6-12-9(3)10;1-2(3)4/h7-8H,5-6H2,1-4H3;1H3,(H,3,4). The van der Waals surface area contributed by atoms with Gasteiger partial charge in [0.05, 0.1) is 12.7 Å². The summed E-state index contributed by atoms with van der Waals surface area (Å²) < 4.78 is 9.94. The topological polar surface area (TPSA) is 72.8 Å². The second-order valence-electron chi connectivity index (χ2n) is 3.57. The molecule has 0 heterocycles. The van der Waals surface area contributed by atoms with Crippen LogP contribution in [0.4, 0.5) is 0 Å². The largest absolute Gasteiger partial charge is 0.481 e. The lowest BCUT2D eigenvalue weighted by Crippen LogP contribution is -2.18. The summed E-state index contributed by atoms with van der Waals surface area (Å²) in [6.07, 6.45) is 1.08. The van der Waals surface area contributed by atoms with Crippen molar-refractivity contribution < 1.29 is 24.2 Å². The number of ether oxygens (including phenoxy) is 2. The number of rotatable bonds is 5. The number of methoxy groups -OCH3 is 1. The Labute approximate surface area is 96.7 Å². The molecule has 0 fully saturated rings. The minimum Gasteiger partial charge on any atom is -0.481 e. The number of carbonyl (C=O) groups excluding carboxylic acids is 1. The van der Waals surface area contributed by atoms with Gasteiger partial charge < -0.3 is 14.6 Å². The van der Waals surface area contributed by atoms with Gasteiger partial charge in [-0.3, -0.25) is 9.59 Å². The van der Waals surface area contributed by atoms with E-state index in [9.17, 15) is 4.79 Å². The molecular formula is C11H22O5. The molecule has 2 atom stereocenters. The van der Waals surface area contributed by atoms with Gasteiger partial charge in [0, 0.05) is 21.0 Å². The molecule has 0 aliphatic rings. The fraction of sp³-hybridized carbons (Fsp3) is 0.818. The summed E-state index contributed by atoms with van der Waals surface area (Å²) in [7, 11) is 1.69. The summed E-state index contributed by atoms with van der Waals surface area (Å²) in [6.45, 7) is 7.09. The molecule has 0 radical (unpaired) electrons. The fourth-order valence-corrected chi connectivity index (χ4v) is 0.856. The van der Waals surface area contributed by atoms with Crippen molar-refractivity contribution in [3.05, 3.63) is 0 Å². The van der Waals surface area contributed by atoms with Crippen molar-refractivity contribution in [2.45, 2.75) is 40.2 Å². The second-order valence-corrected chi connectivity index (χ2v) is 3.57. The molecule has 0 saturated heterocycles. The van der Waals surface area contributed by atoms with E-state index in [0.29, 0.717) is 12.5 Å². The third-order valence-corrected chi connectivity index (χ3v) is 2.05. The van der Waals surface area contributed by atoms with Crippen LogP contribution < -0.4 is 0 Å². The lowest BCUT2D eigenvalue weighted by Gasteiger charge is -2.17. The highest BCUT2D eigenvalue weighted by atomic mass is 16.5. The van der Waals surface area contributed by atoms with E-state index in [1.54, 1.807) is 7.11 Å². The van der Waals surface area contributed by atoms with Gasteiger partial charge in [-0.05, 0) is 19.3 Å². The zero-order valence-electron chi connectivity index (χ0n) is 10.6. The van der Waals surface area contributed by atoms with Crippen LogP contribution in [0, 0.1) is 5.92 Å². The van der Waals surface area contributed by atoms with Gasteiger partial charge in [-0.1, -0.05) is 6.92 Å². The Morgan fingerprint density at radius 1 is 1.25 bits per heavy atom. The first-order chi connectivity index (χ1) is 7.31. The maximum absolute atomic E-state index is 10.4. The molecule has 16 heavy (non-hydrogen) atoms. The Kier molecular flexibility index (Phi) is 11.3. The maximum atomic E-state index is 10.4. The van der Waals surface area contributed by atoms with E-state index < -0.39 is 5.97 Å². The van der Waals surface area contributed by atoms with Gasteiger partial charge in [-0.25, -0.2) is 0 Å². The highest BCUT2D eigenvalue weighted by molar-refractivity contribution is 5.65. The first kappa shape index (κ1) is 17.3. The Bertz CT molecular complexity index is 199. The first-order valence-corrected chi connectivity index (χ1v) is 5.16. The molecule has 0 aromatic carbocycles. The van der Waals surface area contributed by atoms with E-state index in [1.807, 2.05) is 6.92 Å². The Hall–Kier alpha value is -1.10. The molecule has 0 rings (SSSR count). The number of hydrogen-bond acceptors (Lipinski definition) is 4. The van der Waals surface area contributed by atoms with Crippen LogP contribution in [0.3, 0.4) is 0 Å². The molecular weight excluding hydrogens is 212 g/mol. The van der Waals surface area contributed by atoms with Crippen LogP contribution in [-0.2, 0) is 19.1 Å². The van der Waals surface area contributed by atoms with Gasteiger partial charge in [0.15, 0.2) is 0 Å². The van der Waals surface area contributed by atoms with Crippen molar-refractivity contribution in [2.24, 2.45) is 5.92 Å². The minimum absolute atomic E-state index is 0.215. The molecule has 0 aliphatic carbocycles. The van der Waals surface area contributed by atoms with Gasteiger partial charge in [-0.15, -0.1) is 0 Å². The molecule has 0 saturated carbocycles. The van der Waals surface area contributed by atoms with Crippen LogP contribution in [-0.4, -0.2) is 36.9 Å². The molecule has 5 heteroatoms. The average molecular weight is 234 g/mol. The van der Waals surface area contributed by atoms with Crippen molar-refractivity contribution >= 4 is 11.9 Å². The fourth-order valence-electron chi connectivity index (χ4n) is 0.856. The lowest BCUT2D eigenvalue weighted by molar-refractivity contribution is -0.141. The van der Waals surface area contributed by atoms with Crippen molar-refractivity contribution in [3.8, 4) is 0 Å².